The van der Waals surface area contributed by atoms with E-state index in [0.29, 0.717) is 14.6 Å². The summed E-state index contributed by atoms with van der Waals surface area (Å²) in [4.78, 5) is 5.07. The summed E-state index contributed by atoms with van der Waals surface area (Å²) >= 11 is 19.8. The van der Waals surface area contributed by atoms with Gasteiger partial charge in [0.05, 0.1) is 22.3 Å². The molecule has 0 aliphatic carbocycles. The van der Waals surface area contributed by atoms with Crippen LogP contribution in [-0.2, 0) is 0 Å². The van der Waals surface area contributed by atoms with Crippen LogP contribution in [0.5, 0.6) is 0 Å². The molecule has 7 heteroatoms. The van der Waals surface area contributed by atoms with Gasteiger partial charge < -0.3 is 0 Å². The van der Waals surface area contributed by atoms with Crippen molar-refractivity contribution in [3.05, 3.63) is 79.7 Å². The molecule has 4 rings (SSSR count). The van der Waals surface area contributed by atoms with Gasteiger partial charge in [0.1, 0.15) is 5.15 Å². The summed E-state index contributed by atoms with van der Waals surface area (Å²) in [5.74, 6) is 0. The van der Waals surface area contributed by atoms with Gasteiger partial charge in [-0.05, 0) is 29.8 Å². The fourth-order valence-corrected chi connectivity index (χ4v) is 4.49. The number of nitrogens with zero attached hydrogens (tertiary/aromatic N) is 3. The lowest BCUT2D eigenvalue weighted by molar-refractivity contribution is 0.720. The molecule has 0 fully saturated rings. The van der Waals surface area contributed by atoms with Gasteiger partial charge >= 0.3 is 0 Å². The van der Waals surface area contributed by atoms with Crippen molar-refractivity contribution in [2.45, 2.75) is 12.5 Å². The molecule has 126 valence electrons. The molecule has 1 unspecified atom stereocenters. The summed E-state index contributed by atoms with van der Waals surface area (Å²) in [5.41, 5.74) is 3.02. The summed E-state index contributed by atoms with van der Waals surface area (Å²) < 4.78 is 0.438. The summed E-state index contributed by atoms with van der Waals surface area (Å²) in [6.07, 6.45) is 0.717. The molecule has 0 saturated heterocycles. The van der Waals surface area contributed by atoms with Crippen LogP contribution in [0.3, 0.4) is 0 Å². The van der Waals surface area contributed by atoms with Gasteiger partial charge in [0.25, 0.3) is 0 Å². The van der Waals surface area contributed by atoms with Gasteiger partial charge in [0.15, 0.2) is 4.47 Å². The molecule has 0 amide bonds. The van der Waals surface area contributed by atoms with Crippen LogP contribution in [0.2, 0.25) is 14.6 Å². The number of hydrazone groups is 1. The first-order chi connectivity index (χ1) is 12.1. The minimum Gasteiger partial charge on any atom is -0.256 e. The van der Waals surface area contributed by atoms with Crippen molar-refractivity contribution in [1.29, 1.82) is 0 Å². The molecule has 2 aromatic carbocycles. The Bertz CT molecular complexity index is 922. The highest BCUT2D eigenvalue weighted by Gasteiger charge is 2.33. The number of hydrogen-bond acceptors (Lipinski definition) is 4. The lowest BCUT2D eigenvalue weighted by Gasteiger charge is -2.22. The number of anilines is 1. The molecule has 0 saturated carbocycles. The molecule has 25 heavy (non-hydrogen) atoms. The van der Waals surface area contributed by atoms with Crippen LogP contribution in [0.15, 0.2) is 59.7 Å². The van der Waals surface area contributed by atoms with Crippen molar-refractivity contribution in [2.75, 3.05) is 5.01 Å². The van der Waals surface area contributed by atoms with Crippen molar-refractivity contribution < 1.29 is 0 Å². The Labute approximate surface area is 164 Å². The molecule has 1 aliphatic rings. The maximum Gasteiger partial charge on any atom is 0.185 e. The Hall–Kier alpha value is -1.59. The number of rotatable bonds is 3. The molecule has 2 heterocycles. The predicted octanol–water partition coefficient (Wildman–Crippen LogP) is 6.46. The van der Waals surface area contributed by atoms with Crippen molar-refractivity contribution in [2.24, 2.45) is 5.10 Å². The average Bonchev–Trinajstić information content (AvgIpc) is 3.19. The third kappa shape index (κ3) is 3.40. The first kappa shape index (κ1) is 16.9. The van der Waals surface area contributed by atoms with Gasteiger partial charge in [-0.1, -0.05) is 65.1 Å². The molecular formula is C18H12Cl3N3S. The number of aromatic nitrogens is 1. The van der Waals surface area contributed by atoms with E-state index in [9.17, 15) is 0 Å². The van der Waals surface area contributed by atoms with Crippen LogP contribution in [0.25, 0.3) is 0 Å². The Morgan fingerprint density at radius 2 is 1.68 bits per heavy atom. The summed E-state index contributed by atoms with van der Waals surface area (Å²) in [6, 6.07) is 17.7. The second-order valence-corrected chi connectivity index (χ2v) is 7.98. The predicted molar refractivity (Wildman–Crippen MR) is 106 cm³/mol. The lowest BCUT2D eigenvalue weighted by Crippen LogP contribution is -2.17. The standard InChI is InChI=1S/C18H12Cl3N3S/c19-12-8-6-11(7-9-12)14-10-15(16-17(20)22-18(21)25-16)24(23-14)13-4-2-1-3-5-13/h1-9,15H,10H2. The molecule has 0 N–H and O–H groups in total. The topological polar surface area (TPSA) is 28.5 Å². The molecule has 3 nitrogen and oxygen atoms in total. The van der Waals surface area contributed by atoms with Crippen molar-refractivity contribution in [3.8, 4) is 0 Å². The number of para-hydroxylation sites is 1. The minimum absolute atomic E-state index is 0.0365. The fourth-order valence-electron chi connectivity index (χ4n) is 2.84. The van der Waals surface area contributed by atoms with E-state index in [1.807, 2.05) is 59.6 Å². The Balaban J connectivity index is 1.76. The number of benzene rings is 2. The SMILES string of the molecule is Clc1ccc(C2=NN(c3ccccc3)C(c3sc(Cl)nc3Cl)C2)cc1. The lowest BCUT2D eigenvalue weighted by atomic mass is 10.0. The fraction of sp³-hybridized carbons (Fsp3) is 0.111. The van der Waals surface area contributed by atoms with Crippen LogP contribution in [-0.4, -0.2) is 10.7 Å². The van der Waals surface area contributed by atoms with Gasteiger partial charge in [0, 0.05) is 11.4 Å². The molecule has 0 radical (unpaired) electrons. The van der Waals surface area contributed by atoms with Crippen LogP contribution in [0.4, 0.5) is 5.69 Å². The van der Waals surface area contributed by atoms with E-state index >= 15 is 0 Å². The van der Waals surface area contributed by atoms with E-state index in [-0.39, 0.29) is 6.04 Å². The van der Waals surface area contributed by atoms with Crippen molar-refractivity contribution in [1.82, 2.24) is 4.98 Å². The quantitative estimate of drug-likeness (QED) is 0.497. The van der Waals surface area contributed by atoms with E-state index in [1.165, 1.54) is 11.3 Å². The first-order valence-corrected chi connectivity index (χ1v) is 9.56. The van der Waals surface area contributed by atoms with E-state index in [2.05, 4.69) is 4.98 Å². The van der Waals surface area contributed by atoms with Crippen molar-refractivity contribution >= 4 is 57.5 Å². The Morgan fingerprint density at radius 1 is 0.960 bits per heavy atom. The van der Waals surface area contributed by atoms with Gasteiger partial charge in [-0.15, -0.1) is 11.3 Å². The van der Waals surface area contributed by atoms with E-state index < -0.39 is 0 Å². The highest BCUT2D eigenvalue weighted by molar-refractivity contribution is 7.16. The maximum atomic E-state index is 6.31. The van der Waals surface area contributed by atoms with Crippen LogP contribution < -0.4 is 5.01 Å². The summed E-state index contributed by atoms with van der Waals surface area (Å²) in [6.45, 7) is 0. The number of hydrogen-bond donors (Lipinski definition) is 0. The molecule has 3 aromatic rings. The number of thiazole rings is 1. The van der Waals surface area contributed by atoms with Crippen LogP contribution in [0.1, 0.15) is 22.9 Å². The molecule has 1 aromatic heterocycles. The van der Waals surface area contributed by atoms with E-state index in [4.69, 9.17) is 39.9 Å². The van der Waals surface area contributed by atoms with E-state index in [1.54, 1.807) is 0 Å². The second kappa shape index (κ2) is 6.96. The van der Waals surface area contributed by atoms with Crippen LogP contribution >= 0.6 is 46.1 Å². The highest BCUT2D eigenvalue weighted by Crippen LogP contribution is 2.42. The van der Waals surface area contributed by atoms with Gasteiger partial charge in [-0.2, -0.15) is 5.10 Å². The maximum absolute atomic E-state index is 6.31. The van der Waals surface area contributed by atoms with Crippen molar-refractivity contribution in [3.63, 3.8) is 0 Å². The Morgan fingerprint density at radius 3 is 2.32 bits per heavy atom. The average molecular weight is 409 g/mol. The normalized spacial score (nSPS) is 17.0. The zero-order valence-corrected chi connectivity index (χ0v) is 15.9. The molecule has 0 bridgehead atoms. The molecular weight excluding hydrogens is 397 g/mol. The third-order valence-corrected chi connectivity index (χ3v) is 5.91. The smallest absolute Gasteiger partial charge is 0.185 e. The number of halogens is 3. The third-order valence-electron chi connectivity index (χ3n) is 3.99. The van der Waals surface area contributed by atoms with E-state index in [0.717, 1.165) is 28.3 Å². The summed E-state index contributed by atoms with van der Waals surface area (Å²) in [5, 5.41) is 7.98. The zero-order valence-electron chi connectivity index (χ0n) is 12.9. The Kier molecular flexibility index (Phi) is 4.69. The second-order valence-electron chi connectivity index (χ2n) is 5.58. The molecule has 0 spiro atoms. The zero-order chi connectivity index (χ0) is 17.4. The van der Waals surface area contributed by atoms with Gasteiger partial charge in [0.2, 0.25) is 0 Å². The molecule has 1 atom stereocenters. The van der Waals surface area contributed by atoms with Gasteiger partial charge in [-0.25, -0.2) is 4.98 Å². The summed E-state index contributed by atoms with van der Waals surface area (Å²) in [7, 11) is 0. The van der Waals surface area contributed by atoms with Gasteiger partial charge in [-0.3, -0.25) is 5.01 Å². The van der Waals surface area contributed by atoms with Crippen LogP contribution in [0, 0.1) is 0 Å². The minimum atomic E-state index is -0.0365. The molecule has 1 aliphatic heterocycles. The monoisotopic (exact) mass is 407 g/mol. The highest BCUT2D eigenvalue weighted by atomic mass is 35.5. The first-order valence-electron chi connectivity index (χ1n) is 7.61. The largest absolute Gasteiger partial charge is 0.256 e.